The fourth-order valence-electron chi connectivity index (χ4n) is 3.22. The third kappa shape index (κ3) is 5.90. The van der Waals surface area contributed by atoms with E-state index >= 15 is 0 Å². The highest BCUT2D eigenvalue weighted by molar-refractivity contribution is 5.90. The van der Waals surface area contributed by atoms with Crippen LogP contribution in [0.3, 0.4) is 0 Å². The van der Waals surface area contributed by atoms with Gasteiger partial charge in [-0.15, -0.1) is 5.10 Å². The number of aromatic nitrogens is 7. The van der Waals surface area contributed by atoms with E-state index in [1.54, 1.807) is 44.3 Å². The number of rotatable bonds is 10. The van der Waals surface area contributed by atoms with E-state index in [1.807, 2.05) is 18.2 Å². The molecule has 0 bridgehead atoms. The molecule has 13 nitrogen and oxygen atoms in total. The van der Waals surface area contributed by atoms with E-state index in [4.69, 9.17) is 18.6 Å². The Morgan fingerprint density at radius 1 is 1.11 bits per heavy atom. The molecule has 0 saturated heterocycles. The molecule has 0 spiro atoms. The van der Waals surface area contributed by atoms with E-state index in [0.29, 0.717) is 35.1 Å². The van der Waals surface area contributed by atoms with Crippen LogP contribution in [-0.4, -0.2) is 68.8 Å². The smallest absolute Gasteiger partial charge is 0.252 e. The first kappa shape index (κ1) is 24.1. The zero-order chi connectivity index (χ0) is 24.8. The molecule has 0 aliphatic heterocycles. The summed E-state index contributed by atoms with van der Waals surface area (Å²) in [6.45, 7) is 1.99. The summed E-state index contributed by atoms with van der Waals surface area (Å²) in [4.78, 5) is 29.5. The summed E-state index contributed by atoms with van der Waals surface area (Å²) in [6.07, 6.45) is 2.73. The van der Waals surface area contributed by atoms with Gasteiger partial charge in [0.2, 0.25) is 18.1 Å². The number of hydrogen-bond acceptors (Lipinski definition) is 11. The molecule has 4 heterocycles. The Morgan fingerprint density at radius 3 is 2.63 bits per heavy atom. The lowest BCUT2D eigenvalue weighted by molar-refractivity contribution is -0.119. The highest BCUT2D eigenvalue weighted by Crippen LogP contribution is 2.24. The van der Waals surface area contributed by atoms with Gasteiger partial charge in [-0.2, -0.15) is 0 Å². The maximum absolute atomic E-state index is 12.0. The predicted molar refractivity (Wildman–Crippen MR) is 122 cm³/mol. The molecule has 0 atom stereocenters. The van der Waals surface area contributed by atoms with Crippen LogP contribution in [0.1, 0.15) is 23.4 Å². The monoisotopic (exact) mass is 480 g/mol. The Morgan fingerprint density at radius 2 is 1.91 bits per heavy atom. The molecule has 0 aromatic carbocycles. The number of aryl methyl sites for hydroxylation is 1. The Balaban J connectivity index is 1.62. The van der Waals surface area contributed by atoms with Gasteiger partial charge in [-0.1, -0.05) is 11.3 Å². The van der Waals surface area contributed by atoms with Crippen molar-refractivity contribution < 1.29 is 23.4 Å². The first-order chi connectivity index (χ1) is 17.0. The summed E-state index contributed by atoms with van der Waals surface area (Å²) in [7, 11) is 4.52. The first-order valence-electron chi connectivity index (χ1n) is 10.5. The number of hydrogen-bond donors (Lipinski definition) is 1. The molecule has 1 amide bonds. The van der Waals surface area contributed by atoms with Crippen LogP contribution in [0.25, 0.3) is 23.0 Å². The summed E-state index contributed by atoms with van der Waals surface area (Å²) in [5.74, 6) is 0.561. The molecule has 4 rings (SSSR count). The lowest BCUT2D eigenvalue weighted by Crippen LogP contribution is -2.19. The van der Waals surface area contributed by atoms with E-state index in [2.05, 4.69) is 35.6 Å². The molecule has 0 fully saturated rings. The van der Waals surface area contributed by atoms with Crippen molar-refractivity contribution in [2.75, 3.05) is 33.3 Å². The van der Waals surface area contributed by atoms with Gasteiger partial charge in [0.25, 0.3) is 5.91 Å². The third-order valence-electron chi connectivity index (χ3n) is 4.72. The second-order valence-corrected chi connectivity index (χ2v) is 7.38. The fourth-order valence-corrected chi connectivity index (χ4v) is 3.22. The number of amides is 1. The Kier molecular flexibility index (Phi) is 7.50. The number of nitrogens with one attached hydrogen (secondary N) is 1. The van der Waals surface area contributed by atoms with Crippen molar-refractivity contribution in [3.05, 3.63) is 53.8 Å². The number of carbonyl (C=O) groups excluding carboxylic acids is 1. The van der Waals surface area contributed by atoms with Gasteiger partial charge in [-0.05, 0) is 25.1 Å². The number of anilines is 1. The number of carbonyl (C=O) groups is 1. The van der Waals surface area contributed by atoms with Crippen LogP contribution in [0.2, 0.25) is 0 Å². The van der Waals surface area contributed by atoms with Crippen LogP contribution < -0.4 is 5.32 Å². The van der Waals surface area contributed by atoms with Gasteiger partial charge >= 0.3 is 0 Å². The molecule has 4 aromatic rings. The van der Waals surface area contributed by atoms with Crippen molar-refractivity contribution in [3.63, 3.8) is 0 Å². The predicted octanol–water partition coefficient (Wildman–Crippen LogP) is 2.02. The maximum Gasteiger partial charge on any atom is 0.252 e. The quantitative estimate of drug-likeness (QED) is 0.332. The minimum Gasteiger partial charge on any atom is -0.440 e. The SMILES string of the molecule is COCC(=O)Nc1nc(-c2cn(Cc3cccc(C(OC)OC)n3)nn2)cc(-c2ncc(C)o2)n1. The maximum atomic E-state index is 12.0. The molecule has 0 saturated carbocycles. The van der Waals surface area contributed by atoms with Crippen molar-refractivity contribution in [2.45, 2.75) is 19.8 Å². The van der Waals surface area contributed by atoms with Crippen LogP contribution in [0, 0.1) is 6.92 Å². The highest BCUT2D eigenvalue weighted by Gasteiger charge is 2.17. The molecule has 182 valence electrons. The van der Waals surface area contributed by atoms with Crippen LogP contribution in [0.4, 0.5) is 5.95 Å². The molecular formula is C22H24N8O5. The zero-order valence-corrected chi connectivity index (χ0v) is 19.6. The standard InChI is InChI=1S/C22H24N8O5/c1-13-9-23-20(35-13)17-8-16(25-22(26-17)27-19(31)12-32-2)18-11-30(29-28-18)10-14-6-5-7-15(24-14)21(33-3)34-4/h5-9,11,21H,10,12H2,1-4H3,(H,25,26,27,31). The summed E-state index contributed by atoms with van der Waals surface area (Å²) < 4.78 is 22.6. The van der Waals surface area contributed by atoms with Crippen LogP contribution in [0.15, 0.2) is 41.1 Å². The van der Waals surface area contributed by atoms with Crippen LogP contribution in [0.5, 0.6) is 0 Å². The van der Waals surface area contributed by atoms with Crippen molar-refractivity contribution in [3.8, 4) is 23.0 Å². The molecule has 13 heteroatoms. The molecule has 0 radical (unpaired) electrons. The Hall–Kier alpha value is -4.07. The molecule has 0 unspecified atom stereocenters. The first-order valence-corrected chi connectivity index (χ1v) is 10.5. The molecule has 0 aliphatic rings. The van der Waals surface area contributed by atoms with Gasteiger partial charge < -0.3 is 18.6 Å². The minimum absolute atomic E-state index is 0.0597. The number of methoxy groups -OCH3 is 3. The van der Waals surface area contributed by atoms with Gasteiger partial charge in [0.15, 0.2) is 0 Å². The summed E-state index contributed by atoms with van der Waals surface area (Å²) in [5.41, 5.74) is 2.65. The largest absolute Gasteiger partial charge is 0.440 e. The van der Waals surface area contributed by atoms with Crippen molar-refractivity contribution >= 4 is 11.9 Å². The molecule has 1 N–H and O–H groups in total. The zero-order valence-electron chi connectivity index (χ0n) is 19.6. The molecule has 35 heavy (non-hydrogen) atoms. The van der Waals surface area contributed by atoms with E-state index in [1.165, 1.54) is 7.11 Å². The van der Waals surface area contributed by atoms with Gasteiger partial charge in [0.05, 0.1) is 36.0 Å². The lowest BCUT2D eigenvalue weighted by atomic mass is 10.2. The number of pyridine rings is 1. The minimum atomic E-state index is -0.564. The summed E-state index contributed by atoms with van der Waals surface area (Å²) >= 11 is 0. The van der Waals surface area contributed by atoms with Gasteiger partial charge in [-0.25, -0.2) is 19.6 Å². The second-order valence-electron chi connectivity index (χ2n) is 7.38. The highest BCUT2D eigenvalue weighted by atomic mass is 16.7. The number of oxazole rings is 1. The van der Waals surface area contributed by atoms with Crippen molar-refractivity contribution in [1.82, 2.24) is 34.9 Å². The topological polar surface area (TPSA) is 152 Å². The molecule has 0 aliphatic carbocycles. The average Bonchev–Trinajstić information content (AvgIpc) is 3.49. The Bertz CT molecular complexity index is 1300. The summed E-state index contributed by atoms with van der Waals surface area (Å²) in [5, 5.41) is 11.0. The average molecular weight is 480 g/mol. The van der Waals surface area contributed by atoms with Crippen LogP contribution in [-0.2, 0) is 25.5 Å². The van der Waals surface area contributed by atoms with E-state index in [-0.39, 0.29) is 18.4 Å². The normalized spacial score (nSPS) is 11.2. The second kappa shape index (κ2) is 10.9. The molecular weight excluding hydrogens is 456 g/mol. The van der Waals surface area contributed by atoms with E-state index in [9.17, 15) is 4.79 Å². The van der Waals surface area contributed by atoms with Gasteiger partial charge in [0, 0.05) is 21.3 Å². The van der Waals surface area contributed by atoms with E-state index < -0.39 is 12.2 Å². The van der Waals surface area contributed by atoms with Gasteiger partial charge in [-0.3, -0.25) is 15.1 Å². The van der Waals surface area contributed by atoms with Gasteiger partial charge in [0.1, 0.15) is 23.8 Å². The molecule has 4 aromatic heterocycles. The lowest BCUT2D eigenvalue weighted by Gasteiger charge is -2.13. The Labute approximate surface area is 200 Å². The van der Waals surface area contributed by atoms with Crippen molar-refractivity contribution in [1.29, 1.82) is 0 Å². The third-order valence-corrected chi connectivity index (χ3v) is 4.72. The fraction of sp³-hybridized carbons (Fsp3) is 0.318. The van der Waals surface area contributed by atoms with Crippen LogP contribution >= 0.6 is 0 Å². The summed E-state index contributed by atoms with van der Waals surface area (Å²) in [6, 6.07) is 7.21. The number of nitrogens with zero attached hydrogens (tertiary/aromatic N) is 7. The van der Waals surface area contributed by atoms with E-state index in [0.717, 1.165) is 5.69 Å². The van der Waals surface area contributed by atoms with Crippen molar-refractivity contribution in [2.24, 2.45) is 0 Å². The number of ether oxygens (including phenoxy) is 3.